The molecule has 0 bridgehead atoms. The Balaban J connectivity index is 1.83. The average molecular weight is 421 g/mol. The van der Waals surface area contributed by atoms with Crippen LogP contribution >= 0.6 is 0 Å². The highest BCUT2D eigenvalue weighted by molar-refractivity contribution is 5.94. The fourth-order valence-corrected chi connectivity index (χ4v) is 2.80. The Bertz CT molecular complexity index is 1060. The predicted octanol–water partition coefficient (Wildman–Crippen LogP) is 4.24. The number of carbonyl (C=O) groups is 1. The number of rotatable bonds is 7. The van der Waals surface area contributed by atoms with Crippen LogP contribution < -0.4 is 15.4 Å². The van der Waals surface area contributed by atoms with Gasteiger partial charge < -0.3 is 15.4 Å². The third kappa shape index (κ3) is 5.97. The van der Waals surface area contributed by atoms with Crippen molar-refractivity contribution in [2.24, 2.45) is 5.41 Å². The highest BCUT2D eigenvalue weighted by atomic mass is 16.5. The quantitative estimate of drug-likeness (QED) is 0.589. The molecular weight excluding hydrogens is 392 g/mol. The van der Waals surface area contributed by atoms with Gasteiger partial charge in [0.05, 0.1) is 5.56 Å². The van der Waals surface area contributed by atoms with Gasteiger partial charge in [0.2, 0.25) is 11.8 Å². The summed E-state index contributed by atoms with van der Waals surface area (Å²) in [6.45, 7) is 8.97. The molecule has 0 spiro atoms. The molecule has 1 aromatic carbocycles. The summed E-state index contributed by atoms with van der Waals surface area (Å²) in [5.74, 6) is 1.66. The first-order valence-corrected chi connectivity index (χ1v) is 10.2. The van der Waals surface area contributed by atoms with Crippen molar-refractivity contribution in [2.45, 2.75) is 34.1 Å². The van der Waals surface area contributed by atoms with E-state index in [4.69, 9.17) is 4.74 Å². The van der Waals surface area contributed by atoms with Crippen LogP contribution in [0.5, 0.6) is 11.6 Å². The van der Waals surface area contributed by atoms with E-state index >= 15 is 0 Å². The van der Waals surface area contributed by atoms with E-state index in [2.05, 4.69) is 51.3 Å². The van der Waals surface area contributed by atoms with Gasteiger partial charge in [0, 0.05) is 25.4 Å². The van der Waals surface area contributed by atoms with Crippen molar-refractivity contribution in [3.8, 4) is 23.0 Å². The topological polar surface area (TPSA) is 102 Å². The lowest BCUT2D eigenvalue weighted by Crippen LogP contribution is -2.27. The molecule has 0 aliphatic rings. The van der Waals surface area contributed by atoms with Gasteiger partial charge >= 0.3 is 0 Å². The normalized spacial score (nSPS) is 11.1. The largest absolute Gasteiger partial charge is 0.438 e. The van der Waals surface area contributed by atoms with E-state index in [1.165, 1.54) is 6.33 Å². The number of aromatic nitrogens is 4. The number of amides is 1. The third-order valence-electron chi connectivity index (χ3n) is 4.63. The van der Waals surface area contributed by atoms with Crippen LogP contribution in [0.4, 0.5) is 5.95 Å². The molecule has 3 aromatic rings. The lowest BCUT2D eigenvalue weighted by atomic mass is 9.92. The van der Waals surface area contributed by atoms with Gasteiger partial charge in [-0.15, -0.1) is 0 Å². The fraction of sp³-hybridized carbons (Fsp3) is 0.348. The van der Waals surface area contributed by atoms with Crippen LogP contribution in [0, 0.1) is 12.3 Å². The first kappa shape index (κ1) is 22.1. The van der Waals surface area contributed by atoms with Crippen LogP contribution in [0.25, 0.3) is 11.4 Å². The number of anilines is 1. The van der Waals surface area contributed by atoms with Crippen molar-refractivity contribution in [3.05, 3.63) is 54.0 Å². The zero-order valence-corrected chi connectivity index (χ0v) is 18.6. The maximum Gasteiger partial charge on any atom is 0.251 e. The highest BCUT2D eigenvalue weighted by Crippen LogP contribution is 2.31. The summed E-state index contributed by atoms with van der Waals surface area (Å²) >= 11 is 0. The van der Waals surface area contributed by atoms with Gasteiger partial charge in [0.25, 0.3) is 5.91 Å². The summed E-state index contributed by atoms with van der Waals surface area (Å²) in [5, 5.41) is 5.87. The molecule has 31 heavy (non-hydrogen) atoms. The molecule has 2 heterocycles. The molecule has 0 aliphatic carbocycles. The maximum atomic E-state index is 12.6. The maximum absolute atomic E-state index is 12.6. The number of hydrogen-bond donors (Lipinski definition) is 2. The van der Waals surface area contributed by atoms with Crippen LogP contribution in [-0.2, 0) is 0 Å². The zero-order chi connectivity index (χ0) is 22.4. The second-order valence-electron chi connectivity index (χ2n) is 8.39. The van der Waals surface area contributed by atoms with Gasteiger partial charge in [-0.1, -0.05) is 26.8 Å². The molecule has 8 nitrogen and oxygen atoms in total. The molecule has 0 saturated carbocycles. The number of aryl methyl sites for hydroxylation is 1. The van der Waals surface area contributed by atoms with Crippen LogP contribution in [0.1, 0.15) is 43.1 Å². The van der Waals surface area contributed by atoms with Crippen molar-refractivity contribution in [2.75, 3.05) is 18.9 Å². The standard InChI is InChI=1S/C23H28N6O2/c1-15-8-9-16(20(30)25-12-10-23(2,3)4)13-18(15)31-21-17(7-6-11-26-21)19-27-14-28-22(24-5)29-19/h6-9,11,13-14H,10,12H2,1-5H3,(H,25,30)(H,24,27,28,29). The lowest BCUT2D eigenvalue weighted by molar-refractivity contribution is 0.0949. The third-order valence-corrected chi connectivity index (χ3v) is 4.63. The molecule has 0 aliphatic heterocycles. The molecule has 2 N–H and O–H groups in total. The van der Waals surface area contributed by atoms with Gasteiger partial charge in [-0.2, -0.15) is 4.98 Å². The minimum absolute atomic E-state index is 0.133. The van der Waals surface area contributed by atoms with Crippen LogP contribution in [0.2, 0.25) is 0 Å². The number of hydrogen-bond acceptors (Lipinski definition) is 7. The Morgan fingerprint density at radius 3 is 2.68 bits per heavy atom. The van der Waals surface area contributed by atoms with Crippen molar-refractivity contribution >= 4 is 11.9 Å². The minimum Gasteiger partial charge on any atom is -0.438 e. The predicted molar refractivity (Wildman–Crippen MR) is 120 cm³/mol. The van der Waals surface area contributed by atoms with E-state index in [9.17, 15) is 4.79 Å². The number of nitrogens with zero attached hydrogens (tertiary/aromatic N) is 4. The van der Waals surface area contributed by atoms with Gasteiger partial charge in [-0.05, 0) is 48.6 Å². The van der Waals surface area contributed by atoms with E-state index in [-0.39, 0.29) is 11.3 Å². The molecule has 162 valence electrons. The van der Waals surface area contributed by atoms with E-state index in [0.717, 1.165) is 12.0 Å². The number of ether oxygens (including phenoxy) is 1. The van der Waals surface area contributed by atoms with E-state index in [1.807, 2.05) is 19.1 Å². The van der Waals surface area contributed by atoms with Crippen molar-refractivity contribution < 1.29 is 9.53 Å². The summed E-state index contributed by atoms with van der Waals surface area (Å²) < 4.78 is 6.11. The molecular formula is C23H28N6O2. The fourth-order valence-electron chi connectivity index (χ4n) is 2.80. The average Bonchev–Trinajstić information content (AvgIpc) is 2.74. The molecule has 8 heteroatoms. The number of carbonyl (C=O) groups excluding carboxylic acids is 1. The van der Waals surface area contributed by atoms with Crippen LogP contribution in [0.15, 0.2) is 42.9 Å². The van der Waals surface area contributed by atoms with Crippen LogP contribution in [0.3, 0.4) is 0 Å². The summed E-state index contributed by atoms with van der Waals surface area (Å²) in [5.41, 5.74) is 2.20. The molecule has 0 atom stereocenters. The van der Waals surface area contributed by atoms with Crippen molar-refractivity contribution in [1.82, 2.24) is 25.3 Å². The minimum atomic E-state index is -0.133. The number of nitrogens with one attached hydrogen (secondary N) is 2. The molecule has 0 fully saturated rings. The second kappa shape index (κ2) is 9.51. The van der Waals surface area contributed by atoms with Gasteiger partial charge in [0.1, 0.15) is 12.1 Å². The summed E-state index contributed by atoms with van der Waals surface area (Å²) in [6, 6.07) is 9.00. The summed E-state index contributed by atoms with van der Waals surface area (Å²) in [7, 11) is 1.74. The summed E-state index contributed by atoms with van der Waals surface area (Å²) in [6.07, 6.45) is 3.96. The Hall–Kier alpha value is -3.55. The molecule has 0 saturated heterocycles. The second-order valence-corrected chi connectivity index (χ2v) is 8.39. The molecule has 1 amide bonds. The molecule has 0 unspecified atom stereocenters. The van der Waals surface area contributed by atoms with E-state index < -0.39 is 0 Å². The van der Waals surface area contributed by atoms with Crippen LogP contribution in [-0.4, -0.2) is 39.4 Å². The number of pyridine rings is 1. The first-order valence-electron chi connectivity index (χ1n) is 10.2. The number of benzene rings is 1. The van der Waals surface area contributed by atoms with E-state index in [0.29, 0.717) is 41.1 Å². The Morgan fingerprint density at radius 1 is 1.13 bits per heavy atom. The van der Waals surface area contributed by atoms with E-state index in [1.54, 1.807) is 31.4 Å². The zero-order valence-electron chi connectivity index (χ0n) is 18.6. The van der Waals surface area contributed by atoms with Gasteiger partial charge in [-0.25, -0.2) is 15.0 Å². The smallest absolute Gasteiger partial charge is 0.251 e. The van der Waals surface area contributed by atoms with Crippen molar-refractivity contribution in [3.63, 3.8) is 0 Å². The Morgan fingerprint density at radius 2 is 1.94 bits per heavy atom. The highest BCUT2D eigenvalue weighted by Gasteiger charge is 2.16. The molecule has 2 aromatic heterocycles. The Kier molecular flexibility index (Phi) is 6.79. The molecule has 3 rings (SSSR count). The van der Waals surface area contributed by atoms with Gasteiger partial charge in [-0.3, -0.25) is 4.79 Å². The summed E-state index contributed by atoms with van der Waals surface area (Å²) in [4.78, 5) is 29.6. The Labute approximate surface area is 182 Å². The SMILES string of the molecule is CNc1ncnc(-c2cccnc2Oc2cc(C(=O)NCCC(C)(C)C)ccc2C)n1. The van der Waals surface area contributed by atoms with Gasteiger partial charge in [0.15, 0.2) is 5.82 Å². The monoisotopic (exact) mass is 420 g/mol. The van der Waals surface area contributed by atoms with Crippen molar-refractivity contribution in [1.29, 1.82) is 0 Å². The molecule has 0 radical (unpaired) electrons. The first-order chi connectivity index (χ1) is 14.8. The lowest BCUT2D eigenvalue weighted by Gasteiger charge is -2.18.